The average Bonchev–Trinajstić information content (AvgIpc) is 3.04. The van der Waals surface area contributed by atoms with Crippen molar-refractivity contribution in [3.63, 3.8) is 0 Å². The fourth-order valence-corrected chi connectivity index (χ4v) is 3.40. The molecule has 0 bridgehead atoms. The fourth-order valence-electron chi connectivity index (χ4n) is 2.12. The summed E-state index contributed by atoms with van der Waals surface area (Å²) < 4.78 is 10.9. The van der Waals surface area contributed by atoms with Gasteiger partial charge in [0.05, 0.1) is 32.5 Å². The molecule has 6 nitrogen and oxygen atoms in total. The number of likely N-dealkylation sites (tertiary alicyclic amines) is 1. The molecule has 0 aromatic heterocycles. The maximum Gasteiger partial charge on any atom is 0.237 e. The number of carbonyl (C=O) groups excluding carboxylic acids is 1. The predicted molar refractivity (Wildman–Crippen MR) is 94.3 cm³/mol. The summed E-state index contributed by atoms with van der Waals surface area (Å²) in [6, 6.07) is -0.452. The van der Waals surface area contributed by atoms with E-state index in [1.54, 1.807) is 21.6 Å². The summed E-state index contributed by atoms with van der Waals surface area (Å²) in [5, 5.41) is 2.77. The molecule has 22 heavy (non-hydrogen) atoms. The lowest BCUT2D eigenvalue weighted by molar-refractivity contribution is -0.122. The molecular weight excluding hydrogens is 322 g/mol. The smallest absolute Gasteiger partial charge is 0.237 e. The van der Waals surface area contributed by atoms with Gasteiger partial charge in [-0.05, 0) is 32.2 Å². The largest absolute Gasteiger partial charge is 0.378 e. The second kappa shape index (κ2) is 13.4. The highest BCUT2D eigenvalue weighted by Crippen LogP contribution is 2.16. The molecular formula is C14H29N3O3S2. The van der Waals surface area contributed by atoms with Crippen molar-refractivity contribution in [3.8, 4) is 0 Å². The molecule has 1 rings (SSSR count). The van der Waals surface area contributed by atoms with Gasteiger partial charge in [0, 0.05) is 18.8 Å². The summed E-state index contributed by atoms with van der Waals surface area (Å²) in [4.78, 5) is 14.0. The van der Waals surface area contributed by atoms with E-state index in [-0.39, 0.29) is 5.91 Å². The Kier molecular flexibility index (Phi) is 12.3. The van der Waals surface area contributed by atoms with Crippen molar-refractivity contribution >= 4 is 27.5 Å². The molecule has 1 aliphatic rings. The number of nitrogens with zero attached hydrogens (tertiary/aromatic N) is 1. The monoisotopic (exact) mass is 351 g/mol. The van der Waals surface area contributed by atoms with Gasteiger partial charge in [0.1, 0.15) is 0 Å². The molecule has 1 atom stereocenters. The number of hydrogen-bond acceptors (Lipinski definition) is 7. The molecule has 1 fully saturated rings. The van der Waals surface area contributed by atoms with Gasteiger partial charge < -0.3 is 25.4 Å². The Hall–Kier alpha value is 0.01000. The van der Waals surface area contributed by atoms with E-state index >= 15 is 0 Å². The van der Waals surface area contributed by atoms with Crippen LogP contribution in [-0.2, 0) is 14.3 Å². The molecule has 0 aliphatic carbocycles. The van der Waals surface area contributed by atoms with Crippen molar-refractivity contribution in [1.29, 1.82) is 0 Å². The van der Waals surface area contributed by atoms with E-state index < -0.39 is 6.04 Å². The maximum absolute atomic E-state index is 11.6. The van der Waals surface area contributed by atoms with Crippen LogP contribution in [-0.4, -0.2) is 81.5 Å². The molecule has 1 unspecified atom stereocenters. The normalized spacial score (nSPS) is 16.8. The van der Waals surface area contributed by atoms with Crippen LogP contribution in [0.5, 0.6) is 0 Å². The first-order chi connectivity index (χ1) is 10.7. The van der Waals surface area contributed by atoms with Gasteiger partial charge in [0.2, 0.25) is 5.91 Å². The summed E-state index contributed by atoms with van der Waals surface area (Å²) in [5.74, 6) is 0.505. The van der Waals surface area contributed by atoms with Crippen molar-refractivity contribution in [2.24, 2.45) is 5.73 Å². The molecule has 1 heterocycles. The molecule has 1 amide bonds. The Labute approximate surface area is 141 Å². The van der Waals surface area contributed by atoms with Crippen LogP contribution in [0.4, 0.5) is 0 Å². The number of rotatable bonds is 13. The topological polar surface area (TPSA) is 76.8 Å². The summed E-state index contributed by atoms with van der Waals surface area (Å²) >= 11 is 0. The molecule has 3 N–H and O–H groups in total. The van der Waals surface area contributed by atoms with Gasteiger partial charge in [-0.15, -0.1) is 0 Å². The van der Waals surface area contributed by atoms with Gasteiger partial charge in [0.15, 0.2) is 0 Å². The minimum atomic E-state index is -0.452. The molecule has 8 heteroatoms. The first-order valence-corrected chi connectivity index (χ1v) is 10.5. The highest BCUT2D eigenvalue weighted by Gasteiger charge is 2.12. The Bertz CT molecular complexity index is 293. The SMILES string of the molecule is CSSCC(N)C(=O)NCCOCCOCCN1CCCC1. The van der Waals surface area contributed by atoms with E-state index in [0.717, 1.165) is 13.2 Å². The Balaban J connectivity index is 1.81. The number of nitrogens with two attached hydrogens (primary N) is 1. The van der Waals surface area contributed by atoms with E-state index in [4.69, 9.17) is 15.2 Å². The third kappa shape index (κ3) is 9.91. The highest BCUT2D eigenvalue weighted by molar-refractivity contribution is 8.76. The van der Waals surface area contributed by atoms with E-state index in [2.05, 4.69) is 10.2 Å². The summed E-state index contributed by atoms with van der Waals surface area (Å²) in [6.45, 7) is 6.34. The van der Waals surface area contributed by atoms with Crippen LogP contribution in [0.2, 0.25) is 0 Å². The van der Waals surface area contributed by atoms with Gasteiger partial charge in [-0.2, -0.15) is 0 Å². The Morgan fingerprint density at radius 3 is 2.59 bits per heavy atom. The summed E-state index contributed by atoms with van der Waals surface area (Å²) in [5.41, 5.74) is 5.74. The van der Waals surface area contributed by atoms with Crippen molar-refractivity contribution in [1.82, 2.24) is 10.2 Å². The van der Waals surface area contributed by atoms with E-state index in [1.807, 2.05) is 6.26 Å². The van der Waals surface area contributed by atoms with Gasteiger partial charge >= 0.3 is 0 Å². The zero-order valence-electron chi connectivity index (χ0n) is 13.4. The first-order valence-electron chi connectivity index (χ1n) is 7.80. The molecule has 0 aromatic rings. The number of nitrogens with one attached hydrogen (secondary N) is 1. The standard InChI is InChI=1S/C14H29N3O3S2/c1-21-22-12-13(15)14(18)16-4-8-19-10-11-20-9-7-17-5-2-3-6-17/h13H,2-12,15H2,1H3,(H,16,18). The number of carbonyl (C=O) groups is 1. The van der Waals surface area contributed by atoms with Crippen LogP contribution in [0.1, 0.15) is 12.8 Å². The Morgan fingerprint density at radius 2 is 1.91 bits per heavy atom. The summed E-state index contributed by atoms with van der Waals surface area (Å²) in [7, 11) is 3.20. The minimum absolute atomic E-state index is 0.119. The average molecular weight is 352 g/mol. The van der Waals surface area contributed by atoms with Crippen molar-refractivity contribution in [2.45, 2.75) is 18.9 Å². The third-order valence-electron chi connectivity index (χ3n) is 3.37. The zero-order valence-corrected chi connectivity index (χ0v) is 15.1. The minimum Gasteiger partial charge on any atom is -0.378 e. The van der Waals surface area contributed by atoms with Crippen LogP contribution >= 0.6 is 21.6 Å². The van der Waals surface area contributed by atoms with Gasteiger partial charge in [-0.1, -0.05) is 21.6 Å². The molecule has 0 radical (unpaired) electrons. The van der Waals surface area contributed by atoms with Gasteiger partial charge in [-0.3, -0.25) is 4.79 Å². The molecule has 1 aliphatic heterocycles. The van der Waals surface area contributed by atoms with E-state index in [9.17, 15) is 4.79 Å². The number of hydrogen-bond donors (Lipinski definition) is 2. The van der Waals surface area contributed by atoms with Crippen LogP contribution in [0, 0.1) is 0 Å². The number of ether oxygens (including phenoxy) is 2. The molecule has 130 valence electrons. The van der Waals surface area contributed by atoms with Crippen LogP contribution < -0.4 is 11.1 Å². The highest BCUT2D eigenvalue weighted by atomic mass is 33.1. The fraction of sp³-hybridized carbons (Fsp3) is 0.929. The lowest BCUT2D eigenvalue weighted by Gasteiger charge is -2.14. The van der Waals surface area contributed by atoms with Crippen LogP contribution in [0.15, 0.2) is 0 Å². The first kappa shape index (κ1) is 20.1. The second-order valence-corrected chi connectivity index (χ2v) is 7.73. The van der Waals surface area contributed by atoms with Crippen LogP contribution in [0.3, 0.4) is 0 Å². The van der Waals surface area contributed by atoms with Crippen molar-refractivity contribution < 1.29 is 14.3 Å². The quantitative estimate of drug-likeness (QED) is 0.371. The molecule has 0 saturated carbocycles. The number of amides is 1. The zero-order chi connectivity index (χ0) is 16.0. The van der Waals surface area contributed by atoms with Crippen molar-refractivity contribution in [2.75, 3.05) is 64.6 Å². The van der Waals surface area contributed by atoms with Gasteiger partial charge in [0.25, 0.3) is 0 Å². The van der Waals surface area contributed by atoms with Crippen LogP contribution in [0.25, 0.3) is 0 Å². The predicted octanol–water partition coefficient (Wildman–Crippen LogP) is 0.570. The van der Waals surface area contributed by atoms with Crippen molar-refractivity contribution in [3.05, 3.63) is 0 Å². The van der Waals surface area contributed by atoms with E-state index in [0.29, 0.717) is 32.1 Å². The van der Waals surface area contributed by atoms with E-state index in [1.165, 1.54) is 25.9 Å². The molecule has 1 saturated heterocycles. The van der Waals surface area contributed by atoms with Gasteiger partial charge in [-0.25, -0.2) is 0 Å². The lowest BCUT2D eigenvalue weighted by atomic mass is 10.3. The third-order valence-corrected chi connectivity index (χ3v) is 5.22. The lowest BCUT2D eigenvalue weighted by Crippen LogP contribution is -2.43. The molecule has 0 spiro atoms. The molecule has 0 aromatic carbocycles. The summed E-state index contributed by atoms with van der Waals surface area (Å²) in [6.07, 6.45) is 4.60. The second-order valence-electron chi connectivity index (χ2n) is 5.12. The Morgan fingerprint density at radius 1 is 1.23 bits per heavy atom. The maximum atomic E-state index is 11.6.